The van der Waals surface area contributed by atoms with Gasteiger partial charge in [0.25, 0.3) is 0 Å². The fourth-order valence-electron chi connectivity index (χ4n) is 3.92. The lowest BCUT2D eigenvalue weighted by molar-refractivity contribution is -0.906. The van der Waals surface area contributed by atoms with Crippen molar-refractivity contribution in [2.75, 3.05) is 32.8 Å². The van der Waals surface area contributed by atoms with Crippen LogP contribution in [0.4, 0.5) is 0 Å². The molecule has 4 heteroatoms. The number of piperidine rings is 1. The molecule has 4 nitrogen and oxygen atoms in total. The Labute approximate surface area is 145 Å². The molecule has 0 unspecified atom stereocenters. The lowest BCUT2D eigenvalue weighted by atomic mass is 9.97. The number of hydrogen-bond acceptors (Lipinski definition) is 3. The van der Waals surface area contributed by atoms with Gasteiger partial charge >= 0.3 is 5.97 Å². The third-order valence-corrected chi connectivity index (χ3v) is 5.33. The fourth-order valence-corrected chi connectivity index (χ4v) is 3.92. The first-order chi connectivity index (χ1) is 11.8. The van der Waals surface area contributed by atoms with Crippen molar-refractivity contribution in [2.24, 2.45) is 5.92 Å². The van der Waals surface area contributed by atoms with Crippen LogP contribution >= 0.6 is 0 Å². The summed E-state index contributed by atoms with van der Waals surface area (Å²) in [5.41, 5.74) is 2.97. The van der Waals surface area contributed by atoms with Crippen molar-refractivity contribution in [2.45, 2.75) is 45.4 Å². The molecule has 1 fully saturated rings. The summed E-state index contributed by atoms with van der Waals surface area (Å²) in [6.07, 6.45) is 6.69. The van der Waals surface area contributed by atoms with E-state index in [2.05, 4.69) is 18.2 Å². The summed E-state index contributed by atoms with van der Waals surface area (Å²) in [4.78, 5) is 13.3. The van der Waals surface area contributed by atoms with Crippen molar-refractivity contribution in [1.82, 2.24) is 0 Å². The van der Waals surface area contributed by atoms with E-state index < -0.39 is 0 Å². The van der Waals surface area contributed by atoms with Gasteiger partial charge in [-0.2, -0.15) is 0 Å². The number of ether oxygens (including phenoxy) is 2. The van der Waals surface area contributed by atoms with Crippen LogP contribution < -0.4 is 9.64 Å². The first kappa shape index (κ1) is 17.3. The van der Waals surface area contributed by atoms with Gasteiger partial charge in [0.1, 0.15) is 5.75 Å². The van der Waals surface area contributed by atoms with E-state index in [1.165, 1.54) is 30.4 Å². The standard InChI is InChI=1S/C20H29NO3/c1-2-23-20(22)17-9-12-21(13-10-17)11-4-14-24-19-8-7-16-5-3-6-18(16)15-19/h7-8,15,17H,2-6,9-14H2,1H3/p+1. The van der Waals surface area contributed by atoms with Gasteiger partial charge in [-0.25, -0.2) is 0 Å². The molecular weight excluding hydrogens is 302 g/mol. The monoisotopic (exact) mass is 332 g/mol. The molecule has 0 bridgehead atoms. The topological polar surface area (TPSA) is 40.0 Å². The van der Waals surface area contributed by atoms with Crippen LogP contribution in [0.25, 0.3) is 0 Å². The summed E-state index contributed by atoms with van der Waals surface area (Å²) in [5, 5.41) is 0. The minimum atomic E-state index is -0.00325. The van der Waals surface area contributed by atoms with Crippen LogP contribution in [0.3, 0.4) is 0 Å². The lowest BCUT2D eigenvalue weighted by Gasteiger charge is -2.28. The molecule has 2 aliphatic rings. The Morgan fingerprint density at radius 1 is 1.21 bits per heavy atom. The van der Waals surface area contributed by atoms with Crippen molar-refractivity contribution in [3.63, 3.8) is 0 Å². The van der Waals surface area contributed by atoms with Crippen LogP contribution in [0.2, 0.25) is 0 Å². The Kier molecular flexibility index (Phi) is 6.13. The molecule has 1 aliphatic carbocycles. The van der Waals surface area contributed by atoms with E-state index in [0.29, 0.717) is 6.61 Å². The van der Waals surface area contributed by atoms with Gasteiger partial charge in [0.2, 0.25) is 0 Å². The maximum Gasteiger partial charge on any atom is 0.309 e. The Balaban J connectivity index is 1.32. The number of esters is 1. The average Bonchev–Trinajstić information content (AvgIpc) is 3.07. The number of nitrogens with one attached hydrogen (secondary N) is 1. The van der Waals surface area contributed by atoms with Crippen LogP contribution in [0.1, 0.15) is 43.7 Å². The Hall–Kier alpha value is -1.55. The molecule has 3 rings (SSSR count). The Morgan fingerprint density at radius 3 is 2.79 bits per heavy atom. The molecular formula is C20H30NO3+. The minimum absolute atomic E-state index is 0.00325. The number of carbonyl (C=O) groups is 1. The number of aryl methyl sites for hydroxylation is 2. The van der Waals surface area contributed by atoms with Crippen LogP contribution in [0.15, 0.2) is 18.2 Å². The quantitative estimate of drug-likeness (QED) is 0.611. The number of fused-ring (bicyclic) bond motifs is 1. The van der Waals surface area contributed by atoms with Crippen LogP contribution in [0.5, 0.6) is 5.75 Å². The van der Waals surface area contributed by atoms with Crippen molar-refractivity contribution in [3.05, 3.63) is 29.3 Å². The zero-order valence-corrected chi connectivity index (χ0v) is 14.8. The zero-order chi connectivity index (χ0) is 16.8. The van der Waals surface area contributed by atoms with Gasteiger partial charge in [0.05, 0.1) is 38.8 Å². The molecule has 1 aliphatic heterocycles. The molecule has 1 heterocycles. The lowest BCUT2D eigenvalue weighted by Crippen LogP contribution is -3.13. The number of hydrogen-bond donors (Lipinski definition) is 1. The highest BCUT2D eigenvalue weighted by Gasteiger charge is 2.27. The molecule has 0 saturated carbocycles. The van der Waals surface area contributed by atoms with Crippen LogP contribution in [-0.4, -0.2) is 38.8 Å². The molecule has 0 atom stereocenters. The Morgan fingerprint density at radius 2 is 2.00 bits per heavy atom. The number of rotatable bonds is 7. The maximum atomic E-state index is 11.8. The van der Waals surface area contributed by atoms with Gasteiger partial charge in [-0.3, -0.25) is 4.79 Å². The average molecular weight is 332 g/mol. The van der Waals surface area contributed by atoms with E-state index in [9.17, 15) is 4.79 Å². The van der Waals surface area contributed by atoms with Gasteiger partial charge in [0, 0.05) is 19.3 Å². The second kappa shape index (κ2) is 8.52. The van der Waals surface area contributed by atoms with Gasteiger partial charge in [-0.15, -0.1) is 0 Å². The molecule has 1 aromatic rings. The number of benzene rings is 1. The summed E-state index contributed by atoms with van der Waals surface area (Å²) in [6.45, 7) is 6.42. The predicted octanol–water partition coefficient (Wildman–Crippen LogP) is 1.80. The largest absolute Gasteiger partial charge is 0.493 e. The van der Waals surface area contributed by atoms with E-state index in [0.717, 1.165) is 51.3 Å². The molecule has 1 saturated heterocycles. The SMILES string of the molecule is CCOC(=O)C1CC[NH+](CCCOc2ccc3c(c2)CCC3)CC1. The van der Waals surface area contributed by atoms with Crippen molar-refractivity contribution in [1.29, 1.82) is 0 Å². The molecule has 1 aromatic carbocycles. The second-order valence-corrected chi connectivity index (χ2v) is 7.01. The maximum absolute atomic E-state index is 11.8. The highest BCUT2D eigenvalue weighted by molar-refractivity contribution is 5.72. The zero-order valence-electron chi connectivity index (χ0n) is 14.8. The summed E-state index contributed by atoms with van der Waals surface area (Å²) < 4.78 is 11.1. The molecule has 0 radical (unpaired) electrons. The van der Waals surface area contributed by atoms with E-state index in [4.69, 9.17) is 9.47 Å². The van der Waals surface area contributed by atoms with Gasteiger partial charge in [-0.1, -0.05) is 6.07 Å². The first-order valence-electron chi connectivity index (χ1n) is 9.51. The smallest absolute Gasteiger partial charge is 0.309 e. The number of likely N-dealkylation sites (tertiary alicyclic amines) is 1. The Bertz CT molecular complexity index is 550. The van der Waals surface area contributed by atoms with Gasteiger partial charge < -0.3 is 14.4 Å². The molecule has 24 heavy (non-hydrogen) atoms. The molecule has 0 amide bonds. The van der Waals surface area contributed by atoms with Crippen molar-refractivity contribution < 1.29 is 19.2 Å². The summed E-state index contributed by atoms with van der Waals surface area (Å²) in [5.74, 6) is 1.14. The van der Waals surface area contributed by atoms with Crippen LogP contribution in [-0.2, 0) is 22.4 Å². The van der Waals surface area contributed by atoms with E-state index in [1.807, 2.05) is 6.92 Å². The summed E-state index contributed by atoms with van der Waals surface area (Å²) in [7, 11) is 0. The molecule has 1 N–H and O–H groups in total. The fraction of sp³-hybridized carbons (Fsp3) is 0.650. The highest BCUT2D eigenvalue weighted by Crippen LogP contribution is 2.26. The van der Waals surface area contributed by atoms with Crippen molar-refractivity contribution >= 4 is 5.97 Å². The highest BCUT2D eigenvalue weighted by atomic mass is 16.5. The third-order valence-electron chi connectivity index (χ3n) is 5.33. The minimum Gasteiger partial charge on any atom is -0.493 e. The predicted molar refractivity (Wildman–Crippen MR) is 93.5 cm³/mol. The van der Waals surface area contributed by atoms with Gasteiger partial charge in [0.15, 0.2) is 0 Å². The van der Waals surface area contributed by atoms with Crippen molar-refractivity contribution in [3.8, 4) is 5.75 Å². The molecule has 0 spiro atoms. The first-order valence-corrected chi connectivity index (χ1v) is 9.51. The van der Waals surface area contributed by atoms with E-state index in [1.54, 1.807) is 4.90 Å². The van der Waals surface area contributed by atoms with E-state index >= 15 is 0 Å². The molecule has 132 valence electrons. The summed E-state index contributed by atoms with van der Waals surface area (Å²) in [6, 6.07) is 6.56. The number of carbonyl (C=O) groups excluding carboxylic acids is 1. The molecule has 0 aromatic heterocycles. The van der Waals surface area contributed by atoms with Gasteiger partial charge in [-0.05, 0) is 49.4 Å². The third kappa shape index (κ3) is 4.50. The van der Waals surface area contributed by atoms with E-state index in [-0.39, 0.29) is 11.9 Å². The second-order valence-electron chi connectivity index (χ2n) is 7.01. The number of quaternary nitrogens is 1. The van der Waals surface area contributed by atoms with Crippen LogP contribution in [0, 0.1) is 5.92 Å². The summed E-state index contributed by atoms with van der Waals surface area (Å²) >= 11 is 0. The normalized spacial score (nSPS) is 22.9.